The Hall–Kier alpha value is -1.81. The minimum absolute atomic E-state index is 0.0580. The van der Waals surface area contributed by atoms with E-state index in [4.69, 9.17) is 4.74 Å². The van der Waals surface area contributed by atoms with Crippen molar-refractivity contribution in [2.45, 2.75) is 25.3 Å². The first-order valence-electron chi connectivity index (χ1n) is 7.62. The summed E-state index contributed by atoms with van der Waals surface area (Å²) in [7, 11) is 1.86. The van der Waals surface area contributed by atoms with Gasteiger partial charge in [0.2, 0.25) is 0 Å². The predicted octanol–water partition coefficient (Wildman–Crippen LogP) is 2.06. The van der Waals surface area contributed by atoms with Gasteiger partial charge < -0.3 is 15.0 Å². The van der Waals surface area contributed by atoms with Gasteiger partial charge in [0, 0.05) is 19.6 Å². The summed E-state index contributed by atoms with van der Waals surface area (Å²) >= 11 is 0. The number of nitrogens with one attached hydrogen (secondary N) is 1. The fourth-order valence-electron chi connectivity index (χ4n) is 2.56. The molecule has 2 aliphatic rings. The number of hydrogen-bond acceptors (Lipinski definition) is 3. The van der Waals surface area contributed by atoms with Gasteiger partial charge in [-0.1, -0.05) is 18.2 Å². The first kappa shape index (κ1) is 14.1. The Bertz CT molecular complexity index is 532. The van der Waals surface area contributed by atoms with Gasteiger partial charge in [0.1, 0.15) is 5.75 Å². The van der Waals surface area contributed by atoms with Crippen LogP contribution in [0.4, 0.5) is 0 Å². The van der Waals surface area contributed by atoms with Crippen molar-refractivity contribution in [2.24, 2.45) is 0 Å². The second-order valence-electron chi connectivity index (χ2n) is 5.73. The average Bonchev–Trinajstić information content (AvgIpc) is 3.38. The van der Waals surface area contributed by atoms with Gasteiger partial charge in [0.05, 0.1) is 0 Å². The van der Waals surface area contributed by atoms with Crippen LogP contribution < -0.4 is 10.1 Å². The number of likely N-dealkylation sites (N-methyl/N-ethyl adjacent to an activating group) is 1. The molecule has 4 nitrogen and oxygen atoms in total. The zero-order valence-corrected chi connectivity index (χ0v) is 12.5. The summed E-state index contributed by atoms with van der Waals surface area (Å²) in [5, 5.41) is 3.31. The summed E-state index contributed by atoms with van der Waals surface area (Å²) in [5.41, 5.74) is 2.62. The van der Waals surface area contributed by atoms with Crippen molar-refractivity contribution in [3.8, 4) is 5.75 Å². The van der Waals surface area contributed by atoms with E-state index in [1.54, 1.807) is 4.90 Å². The first-order chi connectivity index (χ1) is 10.2. The van der Waals surface area contributed by atoms with E-state index in [2.05, 4.69) is 23.5 Å². The Morgan fingerprint density at radius 2 is 2.10 bits per heavy atom. The molecule has 0 spiro atoms. The van der Waals surface area contributed by atoms with Gasteiger partial charge in [0.15, 0.2) is 6.61 Å². The summed E-state index contributed by atoms with van der Waals surface area (Å²) in [5.74, 6) is 0.813. The van der Waals surface area contributed by atoms with E-state index in [1.165, 1.54) is 11.1 Å². The molecular weight excluding hydrogens is 264 g/mol. The third kappa shape index (κ3) is 3.64. The summed E-state index contributed by atoms with van der Waals surface area (Å²) in [6.45, 7) is 2.10. The Labute approximate surface area is 125 Å². The summed E-state index contributed by atoms with van der Waals surface area (Å²) < 4.78 is 5.59. The molecule has 0 bridgehead atoms. The number of benzene rings is 1. The minimum atomic E-state index is 0.0580. The molecule has 0 unspecified atom stereocenters. The van der Waals surface area contributed by atoms with Gasteiger partial charge in [-0.05, 0) is 49.1 Å². The highest BCUT2D eigenvalue weighted by Gasteiger charge is 2.29. The van der Waals surface area contributed by atoms with Crippen LogP contribution in [0.1, 0.15) is 24.8 Å². The largest absolute Gasteiger partial charge is 0.484 e. The topological polar surface area (TPSA) is 41.6 Å². The maximum Gasteiger partial charge on any atom is 0.260 e. The molecule has 0 radical (unpaired) electrons. The maximum atomic E-state index is 11.9. The number of carbonyl (C=O) groups excluding carboxylic acids is 1. The highest BCUT2D eigenvalue weighted by Crippen LogP contribution is 2.26. The molecular formula is C17H22N2O2. The Balaban J connectivity index is 1.54. The lowest BCUT2D eigenvalue weighted by atomic mass is 10.0. The number of carbonyl (C=O) groups is 1. The third-order valence-electron chi connectivity index (χ3n) is 4.14. The Morgan fingerprint density at radius 1 is 1.33 bits per heavy atom. The predicted molar refractivity (Wildman–Crippen MR) is 83.2 cm³/mol. The molecule has 21 heavy (non-hydrogen) atoms. The zero-order chi connectivity index (χ0) is 14.7. The lowest BCUT2D eigenvalue weighted by Crippen LogP contribution is -2.33. The number of nitrogens with zero attached hydrogens (tertiary/aromatic N) is 1. The van der Waals surface area contributed by atoms with Crippen LogP contribution in [0.25, 0.3) is 5.57 Å². The van der Waals surface area contributed by atoms with Crippen molar-refractivity contribution < 1.29 is 9.53 Å². The average molecular weight is 286 g/mol. The Morgan fingerprint density at radius 3 is 2.71 bits per heavy atom. The maximum absolute atomic E-state index is 11.9. The van der Waals surface area contributed by atoms with Gasteiger partial charge >= 0.3 is 0 Å². The molecule has 1 aromatic rings. The Kier molecular flexibility index (Phi) is 4.25. The quantitative estimate of drug-likeness (QED) is 0.901. The standard InChI is InChI=1S/C17H22N2O2/c1-19(15-4-5-15)17(20)12-21-16-6-2-13(3-7-16)14-8-10-18-11-9-14/h2-3,6-8,15,18H,4-5,9-12H2,1H3. The fourth-order valence-corrected chi connectivity index (χ4v) is 2.56. The van der Waals surface area contributed by atoms with Crippen LogP contribution in [0.2, 0.25) is 0 Å². The SMILES string of the molecule is CN(C(=O)COc1ccc(C2=CCNCC2)cc1)C1CC1. The van der Waals surface area contributed by atoms with E-state index in [0.29, 0.717) is 6.04 Å². The van der Waals surface area contributed by atoms with Crippen LogP contribution in [-0.2, 0) is 4.79 Å². The van der Waals surface area contributed by atoms with Crippen molar-refractivity contribution in [1.29, 1.82) is 0 Å². The highest BCUT2D eigenvalue weighted by atomic mass is 16.5. The molecule has 1 N–H and O–H groups in total. The summed E-state index contributed by atoms with van der Waals surface area (Å²) in [4.78, 5) is 13.7. The third-order valence-corrected chi connectivity index (χ3v) is 4.14. The van der Waals surface area contributed by atoms with Crippen LogP contribution >= 0.6 is 0 Å². The van der Waals surface area contributed by atoms with Crippen LogP contribution in [0, 0.1) is 0 Å². The number of ether oxygens (including phenoxy) is 1. The summed E-state index contributed by atoms with van der Waals surface area (Å²) in [6.07, 6.45) is 5.54. The van der Waals surface area contributed by atoms with E-state index >= 15 is 0 Å². The van der Waals surface area contributed by atoms with Crippen LogP contribution in [-0.4, -0.2) is 43.6 Å². The fraction of sp³-hybridized carbons (Fsp3) is 0.471. The van der Waals surface area contributed by atoms with Gasteiger partial charge in [-0.15, -0.1) is 0 Å². The highest BCUT2D eigenvalue weighted by molar-refractivity contribution is 5.78. The molecule has 1 saturated carbocycles. The van der Waals surface area contributed by atoms with E-state index in [-0.39, 0.29) is 12.5 Å². The van der Waals surface area contributed by atoms with Crippen molar-refractivity contribution in [3.05, 3.63) is 35.9 Å². The van der Waals surface area contributed by atoms with Crippen LogP contribution in [0.3, 0.4) is 0 Å². The van der Waals surface area contributed by atoms with E-state index in [0.717, 1.165) is 38.1 Å². The van der Waals surface area contributed by atoms with Crippen molar-refractivity contribution in [2.75, 3.05) is 26.7 Å². The number of rotatable bonds is 5. The monoisotopic (exact) mass is 286 g/mol. The molecule has 0 atom stereocenters. The number of amides is 1. The molecule has 1 amide bonds. The molecule has 1 heterocycles. The molecule has 1 fully saturated rings. The van der Waals surface area contributed by atoms with E-state index in [1.807, 2.05) is 19.2 Å². The second-order valence-corrected chi connectivity index (χ2v) is 5.73. The van der Waals surface area contributed by atoms with Gasteiger partial charge in [0.25, 0.3) is 5.91 Å². The molecule has 1 aromatic carbocycles. The molecule has 1 aliphatic carbocycles. The number of hydrogen-bond donors (Lipinski definition) is 1. The summed E-state index contributed by atoms with van der Waals surface area (Å²) in [6, 6.07) is 8.48. The lowest BCUT2D eigenvalue weighted by molar-refractivity contribution is -0.132. The molecule has 112 valence electrons. The molecule has 1 aliphatic heterocycles. The smallest absolute Gasteiger partial charge is 0.260 e. The van der Waals surface area contributed by atoms with Crippen LogP contribution in [0.5, 0.6) is 5.75 Å². The van der Waals surface area contributed by atoms with E-state index in [9.17, 15) is 4.79 Å². The van der Waals surface area contributed by atoms with Crippen LogP contribution in [0.15, 0.2) is 30.3 Å². The molecule has 4 heteroatoms. The molecule has 0 saturated heterocycles. The normalized spacial score (nSPS) is 18.0. The van der Waals surface area contributed by atoms with Crippen molar-refractivity contribution in [1.82, 2.24) is 10.2 Å². The van der Waals surface area contributed by atoms with Crippen molar-refractivity contribution in [3.63, 3.8) is 0 Å². The second kappa shape index (κ2) is 6.31. The molecule has 3 rings (SSSR count). The minimum Gasteiger partial charge on any atom is -0.484 e. The first-order valence-corrected chi connectivity index (χ1v) is 7.62. The lowest BCUT2D eigenvalue weighted by Gasteiger charge is -2.17. The zero-order valence-electron chi connectivity index (χ0n) is 12.5. The van der Waals surface area contributed by atoms with Gasteiger partial charge in [-0.25, -0.2) is 0 Å². The van der Waals surface area contributed by atoms with Crippen molar-refractivity contribution >= 4 is 11.5 Å². The van der Waals surface area contributed by atoms with E-state index < -0.39 is 0 Å². The van der Waals surface area contributed by atoms with Gasteiger partial charge in [-0.2, -0.15) is 0 Å². The molecule has 0 aromatic heterocycles. The van der Waals surface area contributed by atoms with Gasteiger partial charge in [-0.3, -0.25) is 4.79 Å².